The van der Waals surface area contributed by atoms with E-state index >= 15 is 0 Å². The monoisotopic (exact) mass is 170 g/mol. The molecule has 0 aliphatic rings. The van der Waals surface area contributed by atoms with Crippen LogP contribution < -0.4 is 0 Å². The van der Waals surface area contributed by atoms with E-state index in [-0.39, 0.29) is 24.5 Å². The molecule has 2 unspecified atom stereocenters. The Morgan fingerprint density at radius 1 is 1.50 bits per heavy atom. The van der Waals surface area contributed by atoms with Crippen LogP contribution in [0.25, 0.3) is 0 Å². The Labute approximate surface area is 74.2 Å². The Morgan fingerprint density at radius 3 is 2.42 bits per heavy atom. The summed E-state index contributed by atoms with van der Waals surface area (Å²) in [6, 6.07) is 0. The number of hydrogen-bond donors (Lipinski definition) is 2. The van der Waals surface area contributed by atoms with Crippen LogP contribution in [0.4, 0.5) is 0 Å². The maximum absolute atomic E-state index is 8.99. The molecule has 0 radical (unpaired) electrons. The van der Waals surface area contributed by atoms with Crippen LogP contribution in [0.5, 0.6) is 0 Å². The summed E-state index contributed by atoms with van der Waals surface area (Å²) in [5, 5.41) is 17.7. The molecule has 0 saturated carbocycles. The molecule has 0 amide bonds. The Hall–Kier alpha value is -0.600. The average Bonchev–Trinajstić information content (AvgIpc) is 2.13. The fourth-order valence-corrected chi connectivity index (χ4v) is 0.630. The van der Waals surface area contributed by atoms with Gasteiger partial charge in [-0.2, -0.15) is 0 Å². The molecule has 0 saturated heterocycles. The van der Waals surface area contributed by atoms with Gasteiger partial charge in [-0.15, -0.1) is 6.58 Å². The average molecular weight is 170 g/mol. The highest BCUT2D eigenvalue weighted by Crippen LogP contribution is 2.19. The molecular weight excluding hydrogens is 152 g/mol. The van der Waals surface area contributed by atoms with E-state index in [1.54, 1.807) is 6.08 Å². The summed E-state index contributed by atoms with van der Waals surface area (Å²) in [6.07, 6.45) is 5.46. The molecule has 0 aliphatic heterocycles. The van der Waals surface area contributed by atoms with Crippen molar-refractivity contribution in [2.24, 2.45) is 11.3 Å². The van der Waals surface area contributed by atoms with Gasteiger partial charge in [0.2, 0.25) is 0 Å². The zero-order valence-corrected chi connectivity index (χ0v) is 7.83. The molecule has 2 heteroatoms. The Morgan fingerprint density at radius 2 is 2.08 bits per heavy atom. The Bertz CT molecular complexity index is 163. The van der Waals surface area contributed by atoms with Gasteiger partial charge in [0.1, 0.15) is 0 Å². The van der Waals surface area contributed by atoms with Crippen LogP contribution >= 0.6 is 0 Å². The first-order valence-corrected chi connectivity index (χ1v) is 4.12. The van der Waals surface area contributed by atoms with Gasteiger partial charge < -0.3 is 10.2 Å². The predicted molar refractivity (Wildman–Crippen MR) is 50.8 cm³/mol. The second-order valence-corrected chi connectivity index (χ2v) is 3.39. The largest absolute Gasteiger partial charge is 0.396 e. The minimum atomic E-state index is -0.358. The van der Waals surface area contributed by atoms with Gasteiger partial charge >= 0.3 is 0 Å². The Kier molecular flexibility index (Phi) is 4.86. The van der Waals surface area contributed by atoms with E-state index in [4.69, 9.17) is 10.2 Å². The quantitative estimate of drug-likeness (QED) is 0.611. The molecule has 0 aromatic rings. The highest BCUT2D eigenvalue weighted by Gasteiger charge is 2.14. The minimum Gasteiger partial charge on any atom is -0.396 e. The van der Waals surface area contributed by atoms with Crippen LogP contribution in [0.15, 0.2) is 24.8 Å². The van der Waals surface area contributed by atoms with Crippen molar-refractivity contribution in [1.82, 2.24) is 0 Å². The van der Waals surface area contributed by atoms with Crippen molar-refractivity contribution in [3.63, 3.8) is 0 Å². The zero-order valence-electron chi connectivity index (χ0n) is 7.83. The standard InChI is InChI=1S/C10H18O2/c1-4-10(3,8-12)6-5-9(2)7-11/h4-6,9,11-12H,1,7-8H2,2-3H3. The number of aliphatic hydroxyl groups is 2. The van der Waals surface area contributed by atoms with Gasteiger partial charge in [-0.1, -0.05) is 32.1 Å². The third kappa shape index (κ3) is 3.69. The summed E-state index contributed by atoms with van der Waals surface area (Å²) < 4.78 is 0. The SMILES string of the molecule is C=CC(C)(C=CC(C)CO)CO. The van der Waals surface area contributed by atoms with Crippen LogP contribution in [-0.2, 0) is 0 Å². The van der Waals surface area contributed by atoms with Crippen LogP contribution in [0.2, 0.25) is 0 Å². The van der Waals surface area contributed by atoms with Gasteiger partial charge in [-0.05, 0) is 5.92 Å². The summed E-state index contributed by atoms with van der Waals surface area (Å²) in [5.41, 5.74) is -0.358. The number of aliphatic hydroxyl groups excluding tert-OH is 2. The van der Waals surface area contributed by atoms with Crippen molar-refractivity contribution in [3.05, 3.63) is 24.8 Å². The Balaban J connectivity index is 4.19. The molecule has 2 nitrogen and oxygen atoms in total. The zero-order chi connectivity index (χ0) is 9.61. The van der Waals surface area contributed by atoms with Gasteiger partial charge in [0, 0.05) is 12.0 Å². The lowest BCUT2D eigenvalue weighted by atomic mass is 9.90. The van der Waals surface area contributed by atoms with Crippen LogP contribution in [-0.4, -0.2) is 23.4 Å². The molecule has 0 heterocycles. The normalized spacial score (nSPS) is 19.0. The third-order valence-corrected chi connectivity index (χ3v) is 1.90. The van der Waals surface area contributed by atoms with Crippen LogP contribution in [0.3, 0.4) is 0 Å². The van der Waals surface area contributed by atoms with Gasteiger partial charge in [0.15, 0.2) is 0 Å². The van der Waals surface area contributed by atoms with Crippen molar-refractivity contribution in [3.8, 4) is 0 Å². The summed E-state index contributed by atoms with van der Waals surface area (Å²) in [4.78, 5) is 0. The molecule has 70 valence electrons. The maximum atomic E-state index is 8.99. The molecule has 0 rings (SSSR count). The molecule has 0 aliphatic carbocycles. The second-order valence-electron chi connectivity index (χ2n) is 3.39. The lowest BCUT2D eigenvalue weighted by Gasteiger charge is -2.18. The van der Waals surface area contributed by atoms with Gasteiger partial charge in [0.25, 0.3) is 0 Å². The topological polar surface area (TPSA) is 40.5 Å². The molecule has 2 atom stereocenters. The smallest absolute Gasteiger partial charge is 0.0554 e. The number of hydrogen-bond acceptors (Lipinski definition) is 2. The molecular formula is C10H18O2. The summed E-state index contributed by atoms with van der Waals surface area (Å²) >= 11 is 0. The van der Waals surface area contributed by atoms with E-state index in [1.165, 1.54) is 0 Å². The molecule has 0 fully saturated rings. The van der Waals surface area contributed by atoms with Crippen LogP contribution in [0.1, 0.15) is 13.8 Å². The van der Waals surface area contributed by atoms with Gasteiger partial charge in [0.05, 0.1) is 6.61 Å². The predicted octanol–water partition coefficient (Wildman–Crippen LogP) is 1.36. The first-order chi connectivity index (χ1) is 5.58. The lowest BCUT2D eigenvalue weighted by molar-refractivity contribution is 0.218. The van der Waals surface area contributed by atoms with E-state index in [0.29, 0.717) is 0 Å². The van der Waals surface area contributed by atoms with E-state index < -0.39 is 0 Å². The lowest BCUT2D eigenvalue weighted by Crippen LogP contribution is -2.15. The van der Waals surface area contributed by atoms with Gasteiger partial charge in [-0.25, -0.2) is 0 Å². The number of rotatable bonds is 5. The van der Waals surface area contributed by atoms with Crippen molar-refractivity contribution < 1.29 is 10.2 Å². The molecule has 0 bridgehead atoms. The van der Waals surface area contributed by atoms with Crippen LogP contribution in [0, 0.1) is 11.3 Å². The molecule has 0 aromatic heterocycles. The summed E-state index contributed by atoms with van der Waals surface area (Å²) in [5.74, 6) is 0.135. The van der Waals surface area contributed by atoms with E-state index in [1.807, 2.05) is 26.0 Å². The highest BCUT2D eigenvalue weighted by molar-refractivity contribution is 5.07. The fourth-order valence-electron chi connectivity index (χ4n) is 0.630. The summed E-state index contributed by atoms with van der Waals surface area (Å²) in [6.45, 7) is 7.62. The van der Waals surface area contributed by atoms with Crippen molar-refractivity contribution in [2.45, 2.75) is 13.8 Å². The fraction of sp³-hybridized carbons (Fsp3) is 0.600. The van der Waals surface area contributed by atoms with Gasteiger partial charge in [-0.3, -0.25) is 0 Å². The highest BCUT2D eigenvalue weighted by atomic mass is 16.3. The first kappa shape index (κ1) is 11.4. The summed E-state index contributed by atoms with van der Waals surface area (Å²) in [7, 11) is 0. The second kappa shape index (κ2) is 5.12. The van der Waals surface area contributed by atoms with E-state index in [0.717, 1.165) is 0 Å². The van der Waals surface area contributed by atoms with Crippen molar-refractivity contribution in [2.75, 3.05) is 13.2 Å². The van der Waals surface area contributed by atoms with Crippen molar-refractivity contribution >= 4 is 0 Å². The molecule has 0 spiro atoms. The van der Waals surface area contributed by atoms with E-state index in [9.17, 15) is 0 Å². The molecule has 2 N–H and O–H groups in total. The minimum absolute atomic E-state index is 0.0468. The van der Waals surface area contributed by atoms with E-state index in [2.05, 4.69) is 6.58 Å². The third-order valence-electron chi connectivity index (χ3n) is 1.90. The molecule has 0 aromatic carbocycles. The first-order valence-electron chi connectivity index (χ1n) is 4.12. The van der Waals surface area contributed by atoms with Crippen molar-refractivity contribution in [1.29, 1.82) is 0 Å². The maximum Gasteiger partial charge on any atom is 0.0554 e. The molecule has 12 heavy (non-hydrogen) atoms.